The van der Waals surface area contributed by atoms with E-state index in [9.17, 15) is 0 Å². The Morgan fingerprint density at radius 3 is 2.53 bits per heavy atom. The van der Waals surface area contributed by atoms with Crippen LogP contribution in [-0.2, 0) is 0 Å². The number of aromatic nitrogens is 1. The second-order valence-corrected chi connectivity index (χ2v) is 4.82. The molecular weight excluding hydrogens is 204 g/mol. The summed E-state index contributed by atoms with van der Waals surface area (Å²) in [4.78, 5) is 4.48. The molecule has 0 aliphatic heterocycles. The predicted molar refractivity (Wildman–Crippen MR) is 66.2 cm³/mol. The van der Waals surface area contributed by atoms with Crippen molar-refractivity contribution < 1.29 is 0 Å². The van der Waals surface area contributed by atoms with Gasteiger partial charge in [0.05, 0.1) is 5.69 Å². The number of thiazole rings is 1. The maximum Gasteiger partial charge on any atom is 0.125 e. The molecule has 3 heteroatoms. The molecule has 0 radical (unpaired) electrons. The lowest BCUT2D eigenvalue weighted by Gasteiger charge is -2.02. The first-order chi connectivity index (χ1) is 7.08. The summed E-state index contributed by atoms with van der Waals surface area (Å²) >= 11 is 1.56. The monoisotopic (exact) mass is 218 g/mol. The van der Waals surface area contributed by atoms with Gasteiger partial charge in [-0.1, -0.05) is 29.0 Å². The van der Waals surface area contributed by atoms with Gasteiger partial charge in [-0.3, -0.25) is 0 Å². The Hall–Kier alpha value is -1.35. The number of hydrogen-bond donors (Lipinski definition) is 1. The average molecular weight is 218 g/mol. The van der Waals surface area contributed by atoms with Gasteiger partial charge >= 0.3 is 0 Å². The van der Waals surface area contributed by atoms with Crippen molar-refractivity contribution in [2.45, 2.75) is 20.8 Å². The molecule has 0 spiro atoms. The minimum atomic E-state index is 0.811. The van der Waals surface area contributed by atoms with Gasteiger partial charge in [-0.2, -0.15) is 0 Å². The number of anilines is 1. The first-order valence-electron chi connectivity index (χ1n) is 4.88. The number of aryl methyl sites for hydroxylation is 3. The van der Waals surface area contributed by atoms with E-state index in [1.807, 2.05) is 6.92 Å². The molecular formula is C12H14N2S. The van der Waals surface area contributed by atoms with Gasteiger partial charge in [0.1, 0.15) is 10.0 Å². The van der Waals surface area contributed by atoms with Crippen LogP contribution in [0, 0.1) is 20.8 Å². The van der Waals surface area contributed by atoms with Gasteiger partial charge in [0.2, 0.25) is 0 Å². The van der Waals surface area contributed by atoms with E-state index in [0.717, 1.165) is 15.7 Å². The lowest BCUT2D eigenvalue weighted by atomic mass is 10.1. The standard InChI is InChI=1S/C12H14N2S/c1-7-4-5-8(2)10(6-7)12-14-9(3)11(13)15-12/h4-6H,13H2,1-3H3. The van der Waals surface area contributed by atoms with Crippen LogP contribution < -0.4 is 5.73 Å². The zero-order chi connectivity index (χ0) is 11.0. The van der Waals surface area contributed by atoms with Crippen LogP contribution in [0.4, 0.5) is 5.00 Å². The van der Waals surface area contributed by atoms with Gasteiger partial charge < -0.3 is 5.73 Å². The summed E-state index contributed by atoms with van der Waals surface area (Å²) in [6.45, 7) is 6.13. The van der Waals surface area contributed by atoms with Crippen LogP contribution in [0.2, 0.25) is 0 Å². The predicted octanol–water partition coefficient (Wildman–Crippen LogP) is 3.32. The molecule has 2 aromatic rings. The molecule has 0 atom stereocenters. The highest BCUT2D eigenvalue weighted by molar-refractivity contribution is 7.18. The quantitative estimate of drug-likeness (QED) is 0.797. The average Bonchev–Trinajstić information content (AvgIpc) is 2.51. The molecule has 2 nitrogen and oxygen atoms in total. The van der Waals surface area contributed by atoms with Crippen molar-refractivity contribution in [2.24, 2.45) is 0 Å². The highest BCUT2D eigenvalue weighted by Crippen LogP contribution is 2.31. The summed E-state index contributed by atoms with van der Waals surface area (Å²) in [7, 11) is 0. The molecule has 1 aromatic heterocycles. The van der Waals surface area contributed by atoms with Crippen molar-refractivity contribution >= 4 is 16.3 Å². The van der Waals surface area contributed by atoms with Crippen LogP contribution in [0.3, 0.4) is 0 Å². The van der Waals surface area contributed by atoms with E-state index in [1.54, 1.807) is 11.3 Å². The van der Waals surface area contributed by atoms with Crippen molar-refractivity contribution in [1.29, 1.82) is 0 Å². The van der Waals surface area contributed by atoms with E-state index in [2.05, 4.69) is 37.0 Å². The SMILES string of the molecule is Cc1ccc(C)c(-c2nc(C)c(N)s2)c1. The number of nitrogen functional groups attached to an aromatic ring is 1. The van der Waals surface area contributed by atoms with Crippen molar-refractivity contribution in [3.63, 3.8) is 0 Å². The highest BCUT2D eigenvalue weighted by atomic mass is 32.1. The van der Waals surface area contributed by atoms with E-state index in [1.165, 1.54) is 16.7 Å². The van der Waals surface area contributed by atoms with Crippen LogP contribution in [0.5, 0.6) is 0 Å². The summed E-state index contributed by atoms with van der Waals surface area (Å²) < 4.78 is 0. The van der Waals surface area contributed by atoms with Crippen LogP contribution >= 0.6 is 11.3 Å². The Morgan fingerprint density at radius 2 is 1.93 bits per heavy atom. The van der Waals surface area contributed by atoms with Gasteiger partial charge in [-0.05, 0) is 32.4 Å². The smallest absolute Gasteiger partial charge is 0.125 e. The number of nitrogens with zero attached hydrogens (tertiary/aromatic N) is 1. The summed E-state index contributed by atoms with van der Waals surface area (Å²) in [5.74, 6) is 0. The summed E-state index contributed by atoms with van der Waals surface area (Å²) in [5.41, 5.74) is 10.4. The third-order valence-corrected chi connectivity index (χ3v) is 3.48. The second kappa shape index (κ2) is 3.66. The van der Waals surface area contributed by atoms with E-state index < -0.39 is 0 Å². The van der Waals surface area contributed by atoms with Crippen LogP contribution in [0.1, 0.15) is 16.8 Å². The molecule has 2 N–H and O–H groups in total. The Bertz CT molecular complexity index is 481. The maximum atomic E-state index is 5.82. The number of hydrogen-bond acceptors (Lipinski definition) is 3. The van der Waals surface area contributed by atoms with Crippen molar-refractivity contribution in [3.8, 4) is 10.6 Å². The minimum absolute atomic E-state index is 0.811. The molecule has 0 amide bonds. The van der Waals surface area contributed by atoms with Crippen molar-refractivity contribution in [3.05, 3.63) is 35.0 Å². The highest BCUT2D eigenvalue weighted by Gasteiger charge is 2.09. The molecule has 0 unspecified atom stereocenters. The molecule has 0 aliphatic rings. The normalized spacial score (nSPS) is 10.6. The molecule has 0 saturated carbocycles. The molecule has 1 heterocycles. The number of benzene rings is 1. The maximum absolute atomic E-state index is 5.82. The molecule has 0 bridgehead atoms. The zero-order valence-corrected chi connectivity index (χ0v) is 9.98. The van der Waals surface area contributed by atoms with Crippen LogP contribution in [0.25, 0.3) is 10.6 Å². The summed E-state index contributed by atoms with van der Waals surface area (Å²) in [5, 5.41) is 1.83. The van der Waals surface area contributed by atoms with Crippen molar-refractivity contribution in [1.82, 2.24) is 4.98 Å². The molecule has 0 fully saturated rings. The topological polar surface area (TPSA) is 38.9 Å². The fourth-order valence-corrected chi connectivity index (χ4v) is 2.40. The third kappa shape index (κ3) is 1.88. The summed E-state index contributed by atoms with van der Waals surface area (Å²) in [6, 6.07) is 6.40. The molecule has 0 aliphatic carbocycles. The molecule has 2 rings (SSSR count). The number of rotatable bonds is 1. The minimum Gasteiger partial charge on any atom is -0.389 e. The van der Waals surface area contributed by atoms with Gasteiger partial charge in [-0.25, -0.2) is 4.98 Å². The van der Waals surface area contributed by atoms with Gasteiger partial charge in [0.25, 0.3) is 0 Å². The van der Waals surface area contributed by atoms with Crippen molar-refractivity contribution in [2.75, 3.05) is 5.73 Å². The summed E-state index contributed by atoms with van der Waals surface area (Å²) in [6.07, 6.45) is 0. The Balaban J connectivity index is 2.58. The lowest BCUT2D eigenvalue weighted by molar-refractivity contribution is 1.26. The molecule has 0 saturated heterocycles. The van der Waals surface area contributed by atoms with Gasteiger partial charge in [0.15, 0.2) is 0 Å². The van der Waals surface area contributed by atoms with E-state index >= 15 is 0 Å². The Kier molecular flexibility index (Phi) is 2.49. The van der Waals surface area contributed by atoms with Crippen LogP contribution in [-0.4, -0.2) is 4.98 Å². The zero-order valence-electron chi connectivity index (χ0n) is 9.16. The first-order valence-corrected chi connectivity index (χ1v) is 5.70. The Morgan fingerprint density at radius 1 is 1.20 bits per heavy atom. The first kappa shape index (κ1) is 10.2. The molecule has 78 valence electrons. The van der Waals surface area contributed by atoms with E-state index in [-0.39, 0.29) is 0 Å². The fourth-order valence-electron chi connectivity index (χ4n) is 1.49. The van der Waals surface area contributed by atoms with Gasteiger partial charge in [0, 0.05) is 5.56 Å². The number of nitrogens with two attached hydrogens (primary N) is 1. The molecule has 1 aromatic carbocycles. The van der Waals surface area contributed by atoms with E-state index in [4.69, 9.17) is 5.73 Å². The van der Waals surface area contributed by atoms with E-state index in [0.29, 0.717) is 0 Å². The Labute approximate surface area is 93.8 Å². The fraction of sp³-hybridized carbons (Fsp3) is 0.250. The third-order valence-electron chi connectivity index (χ3n) is 2.46. The second-order valence-electron chi connectivity index (χ2n) is 3.79. The lowest BCUT2D eigenvalue weighted by Crippen LogP contribution is -1.84. The molecule has 15 heavy (non-hydrogen) atoms. The largest absolute Gasteiger partial charge is 0.389 e. The van der Waals surface area contributed by atoms with Gasteiger partial charge in [-0.15, -0.1) is 0 Å². The van der Waals surface area contributed by atoms with Crippen LogP contribution in [0.15, 0.2) is 18.2 Å².